The zero-order chi connectivity index (χ0) is 23.6. The van der Waals surface area contributed by atoms with Crippen molar-refractivity contribution in [3.63, 3.8) is 0 Å². The fraction of sp³-hybridized carbons (Fsp3) is 0.455. The van der Waals surface area contributed by atoms with Crippen LogP contribution in [0.3, 0.4) is 0 Å². The Morgan fingerprint density at radius 1 is 1.42 bits per heavy atom. The molecule has 0 saturated carbocycles. The summed E-state index contributed by atoms with van der Waals surface area (Å²) >= 11 is 4.52. The second-order valence-corrected chi connectivity index (χ2v) is 10.8. The van der Waals surface area contributed by atoms with Crippen LogP contribution < -0.4 is 15.4 Å². The first kappa shape index (κ1) is 25.9. The molecule has 0 amide bonds. The van der Waals surface area contributed by atoms with Gasteiger partial charge in [0.25, 0.3) is 0 Å². The molecule has 3 aromatic rings. The topological polar surface area (TPSA) is 94.7 Å². The lowest BCUT2D eigenvalue weighted by molar-refractivity contribution is -0.112. The van der Waals surface area contributed by atoms with Crippen molar-refractivity contribution >= 4 is 61.9 Å². The summed E-state index contributed by atoms with van der Waals surface area (Å²) in [5, 5.41) is 14.9. The number of likely N-dealkylation sites (tertiary alicyclic amines) is 1. The van der Waals surface area contributed by atoms with E-state index < -0.39 is 0 Å². The number of piperidine rings is 1. The van der Waals surface area contributed by atoms with E-state index in [0.717, 1.165) is 59.9 Å². The van der Waals surface area contributed by atoms with Crippen molar-refractivity contribution in [2.24, 2.45) is 11.7 Å². The lowest BCUT2D eigenvalue weighted by atomic mass is 9.99. The van der Waals surface area contributed by atoms with Gasteiger partial charge in [0.1, 0.15) is 11.8 Å². The number of nitrogens with one attached hydrogen (secondary N) is 1. The van der Waals surface area contributed by atoms with Crippen LogP contribution in [0, 0.1) is 11.7 Å². The third-order valence-corrected chi connectivity index (χ3v) is 8.33. The number of aldehydes is 1. The maximum absolute atomic E-state index is 14.3. The minimum Gasteiger partial charge on any atom is -0.394 e. The molecule has 180 valence electrons. The molecule has 7 nitrogen and oxygen atoms in total. The lowest BCUT2D eigenvalue weighted by Crippen LogP contribution is -2.37. The molecule has 4 N–H and O–H groups in total. The molecule has 0 spiro atoms. The normalized spacial score (nSPS) is 14.7. The number of benzene rings is 1. The lowest BCUT2D eigenvalue weighted by Gasteiger charge is -2.28. The zero-order valence-electron chi connectivity index (χ0n) is 18.6. The van der Waals surface area contributed by atoms with Crippen LogP contribution in [0.4, 0.5) is 15.2 Å². The molecule has 11 heteroatoms. The summed E-state index contributed by atoms with van der Waals surface area (Å²) in [4.78, 5) is 16.9. The number of thiophene rings is 1. The Kier molecular flexibility index (Phi) is 10.4. The highest BCUT2D eigenvalue weighted by atomic mass is 32.2. The molecule has 0 bridgehead atoms. The Balaban J connectivity index is 0.000000235. The van der Waals surface area contributed by atoms with E-state index in [0.29, 0.717) is 23.1 Å². The summed E-state index contributed by atoms with van der Waals surface area (Å²) in [5.41, 5.74) is 6.52. The van der Waals surface area contributed by atoms with Crippen molar-refractivity contribution in [2.45, 2.75) is 17.1 Å². The maximum Gasteiger partial charge on any atom is 0.183 e. The average molecular weight is 512 g/mol. The van der Waals surface area contributed by atoms with Gasteiger partial charge in [-0.15, -0.1) is 11.3 Å². The number of aromatic nitrogens is 1. The molecule has 0 atom stereocenters. The summed E-state index contributed by atoms with van der Waals surface area (Å²) in [7, 11) is 1.77. The highest BCUT2D eigenvalue weighted by Gasteiger charge is 2.17. The first-order chi connectivity index (χ1) is 16.1. The van der Waals surface area contributed by atoms with Gasteiger partial charge in [-0.05, 0) is 55.4 Å². The van der Waals surface area contributed by atoms with E-state index in [-0.39, 0.29) is 12.4 Å². The standard InChI is InChI=1S/C14H14FN3OS3.C8H16N2O/c1-16-14-17-13-10(15)7-9(8-11(13)21-14)18(4-5-19)22-12-3-2-6-20-12;9-3-6-10-4-1-8(7-11)2-5-10/h2-3,6-8,19H,4-5H2,1H3,(H,16,17);7-8H,1-6,9H2. The molecular formula is C22H30FN5O2S3. The Bertz CT molecular complexity index is 994. The van der Waals surface area contributed by atoms with E-state index in [1.165, 1.54) is 29.4 Å². The maximum atomic E-state index is 14.3. The number of hydrogen-bond acceptors (Lipinski definition) is 10. The second-order valence-electron chi connectivity index (χ2n) is 7.50. The molecule has 1 saturated heterocycles. The van der Waals surface area contributed by atoms with E-state index in [4.69, 9.17) is 5.73 Å². The van der Waals surface area contributed by atoms with Gasteiger partial charge in [0.2, 0.25) is 0 Å². The number of nitrogens with zero attached hydrogens (tertiary/aromatic N) is 3. The van der Waals surface area contributed by atoms with Crippen molar-refractivity contribution in [3.8, 4) is 0 Å². The van der Waals surface area contributed by atoms with Gasteiger partial charge in [0, 0.05) is 32.1 Å². The molecule has 2 aromatic heterocycles. The highest BCUT2D eigenvalue weighted by Crippen LogP contribution is 2.36. The van der Waals surface area contributed by atoms with Gasteiger partial charge in [0.15, 0.2) is 10.9 Å². The van der Waals surface area contributed by atoms with Gasteiger partial charge in [-0.1, -0.05) is 17.4 Å². The molecule has 0 unspecified atom stereocenters. The number of hydrogen-bond donors (Lipinski definition) is 3. The van der Waals surface area contributed by atoms with Gasteiger partial charge >= 0.3 is 0 Å². The van der Waals surface area contributed by atoms with Crippen molar-refractivity contribution in [2.75, 3.05) is 56.0 Å². The molecule has 1 fully saturated rings. The minimum absolute atomic E-state index is 0.00247. The molecule has 3 heterocycles. The number of carbonyl (C=O) groups is 1. The van der Waals surface area contributed by atoms with Crippen molar-refractivity contribution in [3.05, 3.63) is 35.5 Å². The largest absolute Gasteiger partial charge is 0.394 e. The second kappa shape index (κ2) is 13.2. The number of aliphatic hydroxyl groups is 1. The van der Waals surface area contributed by atoms with Crippen molar-refractivity contribution < 1.29 is 14.3 Å². The highest BCUT2D eigenvalue weighted by molar-refractivity contribution is 8.02. The molecule has 0 radical (unpaired) electrons. The van der Waals surface area contributed by atoms with Gasteiger partial charge < -0.3 is 30.2 Å². The van der Waals surface area contributed by atoms with Crippen LogP contribution in [-0.4, -0.2) is 67.7 Å². The summed E-state index contributed by atoms with van der Waals surface area (Å²) in [6.45, 7) is 4.21. The van der Waals surface area contributed by atoms with Crippen LogP contribution >= 0.6 is 34.6 Å². The summed E-state index contributed by atoms with van der Waals surface area (Å²) in [6, 6.07) is 7.35. The monoisotopic (exact) mass is 511 g/mol. The van der Waals surface area contributed by atoms with Crippen LogP contribution in [0.25, 0.3) is 10.2 Å². The number of fused-ring (bicyclic) bond motifs is 1. The zero-order valence-corrected chi connectivity index (χ0v) is 21.0. The number of aliphatic hydroxyl groups excluding tert-OH is 1. The van der Waals surface area contributed by atoms with Crippen LogP contribution in [0.1, 0.15) is 12.8 Å². The SMILES string of the molecule is CNc1nc2c(F)cc(N(CCO)Sc3cccs3)cc2s1.NCCN1CCC(C=O)CC1. The van der Waals surface area contributed by atoms with Crippen LogP contribution in [0.2, 0.25) is 0 Å². The van der Waals surface area contributed by atoms with Crippen LogP contribution in [0.15, 0.2) is 33.9 Å². The summed E-state index contributed by atoms with van der Waals surface area (Å²) < 4.78 is 18.1. The summed E-state index contributed by atoms with van der Waals surface area (Å²) in [6.07, 6.45) is 3.12. The molecule has 1 aromatic carbocycles. The van der Waals surface area contributed by atoms with Crippen LogP contribution in [-0.2, 0) is 4.79 Å². The number of thiazole rings is 1. The van der Waals surface area contributed by atoms with Crippen LogP contribution in [0.5, 0.6) is 0 Å². The van der Waals surface area contributed by atoms with E-state index in [1.807, 2.05) is 27.9 Å². The minimum atomic E-state index is -0.347. The van der Waals surface area contributed by atoms with E-state index in [2.05, 4.69) is 15.2 Å². The fourth-order valence-electron chi connectivity index (χ4n) is 3.46. The smallest absolute Gasteiger partial charge is 0.183 e. The van der Waals surface area contributed by atoms with Gasteiger partial charge in [-0.2, -0.15) is 0 Å². The molecule has 0 aliphatic carbocycles. The molecule has 1 aliphatic rings. The quantitative estimate of drug-likeness (QED) is 0.294. The first-order valence-electron chi connectivity index (χ1n) is 10.8. The average Bonchev–Trinajstić information content (AvgIpc) is 3.50. The molecule has 4 rings (SSSR count). The predicted molar refractivity (Wildman–Crippen MR) is 138 cm³/mol. The number of halogens is 1. The Hall–Kier alpha value is -1.76. The van der Waals surface area contributed by atoms with Gasteiger partial charge in [-0.3, -0.25) is 0 Å². The Morgan fingerprint density at radius 3 is 2.82 bits per heavy atom. The van der Waals surface area contributed by atoms with E-state index >= 15 is 0 Å². The Labute approximate surface area is 205 Å². The third kappa shape index (κ3) is 7.36. The fourth-order valence-corrected chi connectivity index (χ4v) is 6.13. The van der Waals surface area contributed by atoms with Gasteiger partial charge in [0.05, 0.1) is 27.7 Å². The Morgan fingerprint density at radius 2 is 2.21 bits per heavy atom. The third-order valence-electron chi connectivity index (χ3n) is 5.20. The number of anilines is 2. The number of nitrogens with two attached hydrogens (primary N) is 1. The first-order valence-corrected chi connectivity index (χ1v) is 13.3. The molecular weight excluding hydrogens is 481 g/mol. The van der Waals surface area contributed by atoms with E-state index in [1.54, 1.807) is 18.4 Å². The number of carbonyl (C=O) groups excluding carboxylic acids is 1. The van der Waals surface area contributed by atoms with E-state index in [9.17, 15) is 14.3 Å². The number of rotatable bonds is 9. The van der Waals surface area contributed by atoms with Crippen molar-refractivity contribution in [1.82, 2.24) is 9.88 Å². The van der Waals surface area contributed by atoms with Crippen molar-refractivity contribution in [1.29, 1.82) is 0 Å². The predicted octanol–water partition coefficient (Wildman–Crippen LogP) is 3.90. The molecule has 33 heavy (non-hydrogen) atoms. The van der Waals surface area contributed by atoms with Gasteiger partial charge in [-0.25, -0.2) is 9.37 Å². The molecule has 1 aliphatic heterocycles. The summed E-state index contributed by atoms with van der Waals surface area (Å²) in [5.74, 6) is -0.0380.